The summed E-state index contributed by atoms with van der Waals surface area (Å²) >= 11 is 0. The van der Waals surface area contributed by atoms with Crippen molar-refractivity contribution in [2.75, 3.05) is 19.8 Å². The molecule has 2 heterocycles. The van der Waals surface area contributed by atoms with Gasteiger partial charge in [-0.1, -0.05) is 6.92 Å². The highest BCUT2D eigenvalue weighted by Gasteiger charge is 2.40. The number of carbonyl (C=O) groups is 1. The average molecular weight is 368 g/mol. The minimum Gasteiger partial charge on any atom is -0.486 e. The average Bonchev–Trinajstić information content (AvgIpc) is 3.12. The van der Waals surface area contributed by atoms with Crippen LogP contribution in [0.5, 0.6) is 11.5 Å². The highest BCUT2D eigenvalue weighted by molar-refractivity contribution is 7.89. The summed E-state index contributed by atoms with van der Waals surface area (Å²) in [4.78, 5) is 12.6. The van der Waals surface area contributed by atoms with Crippen molar-refractivity contribution < 1.29 is 22.7 Å². The summed E-state index contributed by atoms with van der Waals surface area (Å²) in [6.07, 6.45) is 2.00. The molecule has 1 fully saturated rings. The van der Waals surface area contributed by atoms with Crippen LogP contribution in [0.1, 0.15) is 33.1 Å². The molecule has 8 heteroatoms. The third kappa shape index (κ3) is 3.59. The number of hydrogen-bond donors (Lipinski definition) is 1. The van der Waals surface area contributed by atoms with Gasteiger partial charge in [0, 0.05) is 18.7 Å². The van der Waals surface area contributed by atoms with Crippen LogP contribution in [0.2, 0.25) is 0 Å². The van der Waals surface area contributed by atoms with Gasteiger partial charge in [-0.2, -0.15) is 4.31 Å². The van der Waals surface area contributed by atoms with E-state index in [1.165, 1.54) is 16.4 Å². The first-order valence-electron chi connectivity index (χ1n) is 8.65. The first-order valence-corrected chi connectivity index (χ1v) is 10.1. The molecule has 1 saturated heterocycles. The van der Waals surface area contributed by atoms with E-state index in [2.05, 4.69) is 5.32 Å². The van der Waals surface area contributed by atoms with Crippen molar-refractivity contribution in [2.24, 2.45) is 0 Å². The quantitative estimate of drug-likeness (QED) is 0.852. The maximum Gasteiger partial charge on any atom is 0.243 e. The SMILES string of the molecule is CC[C@H](C)NC(=O)[C@H]1CCCN1S(=O)(=O)c1ccc2c(c1)OCCO2. The lowest BCUT2D eigenvalue weighted by Crippen LogP contribution is -2.48. The van der Waals surface area contributed by atoms with Crippen LogP contribution in [-0.4, -0.2) is 50.5 Å². The Balaban J connectivity index is 1.84. The molecule has 1 aromatic rings. The van der Waals surface area contributed by atoms with Crippen molar-refractivity contribution in [3.63, 3.8) is 0 Å². The van der Waals surface area contributed by atoms with Crippen LogP contribution in [0.15, 0.2) is 23.1 Å². The lowest BCUT2D eigenvalue weighted by atomic mass is 10.2. The standard InChI is InChI=1S/C17H24N2O5S/c1-3-12(2)18-17(20)14-5-4-8-19(14)25(21,22)13-6-7-15-16(11-13)24-10-9-23-15/h6-7,11-12,14H,3-5,8-10H2,1-2H3,(H,18,20)/t12-,14+/m0/s1. The second-order valence-electron chi connectivity index (χ2n) is 6.40. The smallest absolute Gasteiger partial charge is 0.243 e. The first-order chi connectivity index (χ1) is 11.9. The minimum absolute atomic E-state index is 0.0203. The normalized spacial score (nSPS) is 21.8. The van der Waals surface area contributed by atoms with E-state index in [-0.39, 0.29) is 16.8 Å². The van der Waals surface area contributed by atoms with Crippen LogP contribution in [0, 0.1) is 0 Å². The molecule has 7 nitrogen and oxygen atoms in total. The molecule has 1 N–H and O–H groups in total. The first kappa shape index (κ1) is 18.0. The Kier molecular flexibility index (Phi) is 5.19. The van der Waals surface area contributed by atoms with Gasteiger partial charge in [0.25, 0.3) is 0 Å². The summed E-state index contributed by atoms with van der Waals surface area (Å²) in [5, 5.41) is 2.89. The molecule has 0 bridgehead atoms. The van der Waals surface area contributed by atoms with E-state index in [0.29, 0.717) is 44.1 Å². The zero-order chi connectivity index (χ0) is 18.0. The summed E-state index contributed by atoms with van der Waals surface area (Å²) in [5.74, 6) is 0.734. The molecule has 0 saturated carbocycles. The second-order valence-corrected chi connectivity index (χ2v) is 8.29. The van der Waals surface area contributed by atoms with Crippen LogP contribution in [0.25, 0.3) is 0 Å². The maximum atomic E-state index is 13.0. The van der Waals surface area contributed by atoms with E-state index in [0.717, 1.165) is 6.42 Å². The number of amides is 1. The van der Waals surface area contributed by atoms with E-state index in [1.807, 2.05) is 13.8 Å². The number of nitrogens with zero attached hydrogens (tertiary/aromatic N) is 1. The minimum atomic E-state index is -3.77. The van der Waals surface area contributed by atoms with Gasteiger partial charge in [-0.3, -0.25) is 4.79 Å². The molecule has 0 unspecified atom stereocenters. The molecule has 1 aromatic carbocycles. The highest BCUT2D eigenvalue weighted by Crippen LogP contribution is 2.34. The molecule has 2 aliphatic rings. The number of sulfonamides is 1. The predicted octanol–water partition coefficient (Wildman–Crippen LogP) is 1.53. The van der Waals surface area contributed by atoms with Gasteiger partial charge in [-0.05, 0) is 38.3 Å². The Morgan fingerprint density at radius 1 is 1.32 bits per heavy atom. The lowest BCUT2D eigenvalue weighted by molar-refractivity contribution is -0.124. The van der Waals surface area contributed by atoms with Crippen molar-refractivity contribution in [3.8, 4) is 11.5 Å². The van der Waals surface area contributed by atoms with E-state index >= 15 is 0 Å². The third-order valence-electron chi connectivity index (χ3n) is 4.63. The number of fused-ring (bicyclic) bond motifs is 1. The van der Waals surface area contributed by atoms with Crippen LogP contribution in [0.4, 0.5) is 0 Å². The third-order valence-corrected chi connectivity index (χ3v) is 6.53. The fraction of sp³-hybridized carbons (Fsp3) is 0.588. The largest absolute Gasteiger partial charge is 0.486 e. The van der Waals surface area contributed by atoms with E-state index in [4.69, 9.17) is 9.47 Å². The summed E-state index contributed by atoms with van der Waals surface area (Å²) in [5.41, 5.74) is 0. The fourth-order valence-corrected chi connectivity index (χ4v) is 4.72. The van der Waals surface area contributed by atoms with E-state index in [9.17, 15) is 13.2 Å². The monoisotopic (exact) mass is 368 g/mol. The summed E-state index contributed by atoms with van der Waals surface area (Å²) in [7, 11) is -3.77. The molecule has 2 aliphatic heterocycles. The van der Waals surface area contributed by atoms with Gasteiger partial charge < -0.3 is 14.8 Å². The Morgan fingerprint density at radius 3 is 2.76 bits per heavy atom. The maximum absolute atomic E-state index is 13.0. The molecule has 0 aromatic heterocycles. The van der Waals surface area contributed by atoms with Crippen molar-refractivity contribution in [1.82, 2.24) is 9.62 Å². The molecular weight excluding hydrogens is 344 g/mol. The molecule has 25 heavy (non-hydrogen) atoms. The molecular formula is C17H24N2O5S. The molecule has 1 amide bonds. The zero-order valence-corrected chi connectivity index (χ0v) is 15.3. The molecule has 0 spiro atoms. The van der Waals surface area contributed by atoms with E-state index in [1.54, 1.807) is 6.07 Å². The summed E-state index contributed by atoms with van der Waals surface area (Å²) in [6, 6.07) is 3.95. The number of nitrogens with one attached hydrogen (secondary N) is 1. The fourth-order valence-electron chi connectivity index (χ4n) is 3.05. The molecule has 2 atom stereocenters. The van der Waals surface area contributed by atoms with Crippen LogP contribution >= 0.6 is 0 Å². The summed E-state index contributed by atoms with van der Waals surface area (Å²) < 4.78 is 38.3. The van der Waals surface area contributed by atoms with Gasteiger partial charge in [0.1, 0.15) is 19.3 Å². The number of rotatable bonds is 5. The van der Waals surface area contributed by atoms with Gasteiger partial charge >= 0.3 is 0 Å². The Morgan fingerprint density at radius 2 is 2.04 bits per heavy atom. The van der Waals surface area contributed by atoms with Gasteiger partial charge in [0.05, 0.1) is 4.90 Å². The van der Waals surface area contributed by atoms with Gasteiger partial charge in [-0.15, -0.1) is 0 Å². The van der Waals surface area contributed by atoms with Crippen molar-refractivity contribution in [3.05, 3.63) is 18.2 Å². The number of carbonyl (C=O) groups excluding carboxylic acids is 1. The molecule has 0 aliphatic carbocycles. The molecule has 138 valence electrons. The number of hydrogen-bond acceptors (Lipinski definition) is 5. The van der Waals surface area contributed by atoms with Gasteiger partial charge in [-0.25, -0.2) is 8.42 Å². The summed E-state index contributed by atoms with van der Waals surface area (Å²) in [6.45, 7) is 5.06. The van der Waals surface area contributed by atoms with Crippen molar-refractivity contribution in [1.29, 1.82) is 0 Å². The zero-order valence-electron chi connectivity index (χ0n) is 14.5. The van der Waals surface area contributed by atoms with Crippen LogP contribution < -0.4 is 14.8 Å². The topological polar surface area (TPSA) is 84.9 Å². The lowest BCUT2D eigenvalue weighted by Gasteiger charge is -2.25. The van der Waals surface area contributed by atoms with Crippen LogP contribution in [-0.2, 0) is 14.8 Å². The van der Waals surface area contributed by atoms with Crippen LogP contribution in [0.3, 0.4) is 0 Å². The Labute approximate surface area is 148 Å². The molecule has 0 radical (unpaired) electrons. The number of benzene rings is 1. The Hall–Kier alpha value is -1.80. The van der Waals surface area contributed by atoms with Crippen molar-refractivity contribution >= 4 is 15.9 Å². The second kappa shape index (κ2) is 7.21. The number of ether oxygens (including phenoxy) is 2. The van der Waals surface area contributed by atoms with E-state index < -0.39 is 16.1 Å². The molecule has 3 rings (SSSR count). The predicted molar refractivity (Wildman–Crippen MR) is 92.2 cm³/mol. The Bertz CT molecular complexity index is 749. The highest BCUT2D eigenvalue weighted by atomic mass is 32.2. The van der Waals surface area contributed by atoms with Gasteiger partial charge in [0.15, 0.2) is 11.5 Å². The van der Waals surface area contributed by atoms with Crippen molar-refractivity contribution in [2.45, 2.75) is 50.1 Å². The van der Waals surface area contributed by atoms with Gasteiger partial charge in [0.2, 0.25) is 15.9 Å².